The molecule has 6 heteroatoms. The number of thiazole rings is 1. The molecule has 116 valence electrons. The zero-order chi connectivity index (χ0) is 16.2. The van der Waals surface area contributed by atoms with Gasteiger partial charge in [-0.15, -0.1) is 11.3 Å². The highest BCUT2D eigenvalue weighted by atomic mass is 32.1. The fraction of sp³-hybridized carbons (Fsp3) is 0.176. The third-order valence-corrected chi connectivity index (χ3v) is 4.33. The zero-order valence-electron chi connectivity index (χ0n) is 12.9. The van der Waals surface area contributed by atoms with Gasteiger partial charge in [-0.3, -0.25) is 4.79 Å². The Hall–Kier alpha value is -2.60. The highest BCUT2D eigenvalue weighted by Gasteiger charge is 2.16. The van der Waals surface area contributed by atoms with E-state index in [-0.39, 0.29) is 11.9 Å². The number of hydrogen-bond acceptors (Lipinski definition) is 5. The first-order valence-corrected chi connectivity index (χ1v) is 8.12. The molecule has 0 radical (unpaired) electrons. The van der Waals surface area contributed by atoms with Crippen LogP contribution in [0.25, 0.3) is 10.8 Å². The van der Waals surface area contributed by atoms with Crippen LogP contribution in [0.3, 0.4) is 0 Å². The molecule has 0 saturated heterocycles. The second kappa shape index (κ2) is 6.66. The number of carbonyl (C=O) groups is 1. The van der Waals surface area contributed by atoms with Crippen LogP contribution >= 0.6 is 11.3 Å². The van der Waals surface area contributed by atoms with Crippen LogP contribution in [0.1, 0.15) is 34.6 Å². The lowest BCUT2D eigenvalue weighted by Crippen LogP contribution is -2.27. The smallest absolute Gasteiger partial charge is 0.271 e. The van der Waals surface area contributed by atoms with E-state index in [1.165, 1.54) is 11.3 Å². The SMILES string of the molecule is Cc1ccccc1C(C)NC(=O)c1csc(-c2ncccn2)n1. The molecule has 2 aromatic heterocycles. The maximum Gasteiger partial charge on any atom is 0.271 e. The number of aryl methyl sites for hydroxylation is 1. The Labute approximate surface area is 138 Å². The summed E-state index contributed by atoms with van der Waals surface area (Å²) in [6.45, 7) is 4.00. The summed E-state index contributed by atoms with van der Waals surface area (Å²) in [5, 5.41) is 5.35. The fourth-order valence-electron chi connectivity index (χ4n) is 2.31. The summed E-state index contributed by atoms with van der Waals surface area (Å²) in [5.41, 5.74) is 2.64. The predicted octanol–water partition coefficient (Wildman–Crippen LogP) is 3.40. The lowest BCUT2D eigenvalue weighted by Gasteiger charge is -2.15. The van der Waals surface area contributed by atoms with Crippen LogP contribution in [-0.4, -0.2) is 20.9 Å². The topological polar surface area (TPSA) is 67.8 Å². The predicted molar refractivity (Wildman–Crippen MR) is 90.2 cm³/mol. The average molecular weight is 324 g/mol. The quantitative estimate of drug-likeness (QED) is 0.798. The maximum absolute atomic E-state index is 12.4. The van der Waals surface area contributed by atoms with E-state index in [1.54, 1.807) is 23.8 Å². The zero-order valence-corrected chi connectivity index (χ0v) is 13.7. The molecule has 0 bridgehead atoms. The Morgan fingerprint density at radius 2 is 1.91 bits per heavy atom. The monoisotopic (exact) mass is 324 g/mol. The van der Waals surface area contributed by atoms with Crippen LogP contribution in [-0.2, 0) is 0 Å². The van der Waals surface area contributed by atoms with Crippen LogP contribution in [0.15, 0.2) is 48.1 Å². The van der Waals surface area contributed by atoms with Crippen molar-refractivity contribution in [2.24, 2.45) is 0 Å². The fourth-order valence-corrected chi connectivity index (χ4v) is 3.06. The molecule has 23 heavy (non-hydrogen) atoms. The lowest BCUT2D eigenvalue weighted by molar-refractivity contribution is 0.0935. The molecule has 0 aliphatic heterocycles. The van der Waals surface area contributed by atoms with Gasteiger partial charge in [-0.05, 0) is 31.0 Å². The van der Waals surface area contributed by atoms with E-state index >= 15 is 0 Å². The number of amides is 1. The van der Waals surface area contributed by atoms with Gasteiger partial charge in [-0.25, -0.2) is 15.0 Å². The number of benzene rings is 1. The molecule has 3 rings (SSSR count). The Bertz CT molecular complexity index is 816. The molecule has 3 aromatic rings. The summed E-state index contributed by atoms with van der Waals surface area (Å²) in [7, 11) is 0. The lowest BCUT2D eigenvalue weighted by atomic mass is 10.0. The minimum Gasteiger partial charge on any atom is -0.344 e. The van der Waals surface area contributed by atoms with E-state index in [1.807, 2.05) is 38.1 Å². The van der Waals surface area contributed by atoms with Gasteiger partial charge in [-0.2, -0.15) is 0 Å². The molecule has 5 nitrogen and oxygen atoms in total. The molecule has 2 heterocycles. The first-order chi connectivity index (χ1) is 11.1. The number of nitrogens with one attached hydrogen (secondary N) is 1. The van der Waals surface area contributed by atoms with E-state index in [0.717, 1.165) is 11.1 Å². The van der Waals surface area contributed by atoms with Crippen LogP contribution in [0, 0.1) is 6.92 Å². The van der Waals surface area contributed by atoms with Gasteiger partial charge in [-0.1, -0.05) is 24.3 Å². The van der Waals surface area contributed by atoms with Gasteiger partial charge in [0.05, 0.1) is 6.04 Å². The van der Waals surface area contributed by atoms with Gasteiger partial charge in [0.1, 0.15) is 5.69 Å². The Morgan fingerprint density at radius 3 is 2.65 bits per heavy atom. The van der Waals surface area contributed by atoms with Crippen molar-refractivity contribution < 1.29 is 4.79 Å². The summed E-state index contributed by atoms with van der Waals surface area (Å²) >= 11 is 1.36. The Balaban J connectivity index is 1.74. The molecule has 1 atom stereocenters. The van der Waals surface area contributed by atoms with Gasteiger partial charge in [0.15, 0.2) is 10.8 Å². The summed E-state index contributed by atoms with van der Waals surface area (Å²) < 4.78 is 0. The van der Waals surface area contributed by atoms with E-state index in [9.17, 15) is 4.79 Å². The largest absolute Gasteiger partial charge is 0.344 e. The molecule has 1 aromatic carbocycles. The van der Waals surface area contributed by atoms with E-state index < -0.39 is 0 Å². The molecule has 0 aliphatic rings. The number of nitrogens with zero attached hydrogens (tertiary/aromatic N) is 3. The van der Waals surface area contributed by atoms with E-state index in [0.29, 0.717) is 16.5 Å². The third kappa shape index (κ3) is 3.43. The van der Waals surface area contributed by atoms with Crippen molar-refractivity contribution in [1.29, 1.82) is 0 Å². The van der Waals surface area contributed by atoms with E-state index in [4.69, 9.17) is 0 Å². The molecular formula is C17H16N4OS. The third-order valence-electron chi connectivity index (χ3n) is 3.50. The van der Waals surface area contributed by atoms with Crippen molar-refractivity contribution >= 4 is 17.2 Å². The average Bonchev–Trinajstić information content (AvgIpc) is 3.06. The normalized spacial score (nSPS) is 11.9. The first-order valence-electron chi connectivity index (χ1n) is 7.24. The van der Waals surface area contributed by atoms with Crippen molar-refractivity contribution in [2.45, 2.75) is 19.9 Å². The Kier molecular flexibility index (Phi) is 4.43. The minimum absolute atomic E-state index is 0.0816. The van der Waals surface area contributed by atoms with Crippen LogP contribution in [0.5, 0.6) is 0 Å². The second-order valence-corrected chi connectivity index (χ2v) is 6.02. The number of rotatable bonds is 4. The maximum atomic E-state index is 12.4. The van der Waals surface area contributed by atoms with Crippen molar-refractivity contribution in [3.63, 3.8) is 0 Å². The molecule has 1 N–H and O–H groups in total. The molecule has 1 amide bonds. The van der Waals surface area contributed by atoms with Gasteiger partial charge in [0, 0.05) is 17.8 Å². The highest BCUT2D eigenvalue weighted by molar-refractivity contribution is 7.13. The van der Waals surface area contributed by atoms with Gasteiger partial charge in [0.2, 0.25) is 0 Å². The molecule has 1 unspecified atom stereocenters. The molecule has 0 fully saturated rings. The summed E-state index contributed by atoms with van der Waals surface area (Å²) in [4.78, 5) is 25.0. The number of aromatic nitrogens is 3. The van der Waals surface area contributed by atoms with Crippen LogP contribution < -0.4 is 5.32 Å². The summed E-state index contributed by atoms with van der Waals surface area (Å²) in [6, 6.07) is 9.67. The van der Waals surface area contributed by atoms with Gasteiger partial charge in [0.25, 0.3) is 5.91 Å². The second-order valence-electron chi connectivity index (χ2n) is 5.16. The van der Waals surface area contributed by atoms with Crippen molar-refractivity contribution in [1.82, 2.24) is 20.3 Å². The standard InChI is InChI=1S/C17H16N4OS/c1-11-6-3-4-7-13(11)12(2)20-16(22)14-10-23-17(21-14)15-18-8-5-9-19-15/h3-10,12H,1-2H3,(H,20,22). The van der Waals surface area contributed by atoms with E-state index in [2.05, 4.69) is 20.3 Å². The van der Waals surface area contributed by atoms with Crippen molar-refractivity contribution in [3.8, 4) is 10.8 Å². The Morgan fingerprint density at radius 1 is 1.17 bits per heavy atom. The molecular weight excluding hydrogens is 308 g/mol. The summed E-state index contributed by atoms with van der Waals surface area (Å²) in [5.74, 6) is 0.336. The number of carbonyl (C=O) groups excluding carboxylic acids is 1. The van der Waals surface area contributed by atoms with Crippen LogP contribution in [0.2, 0.25) is 0 Å². The van der Waals surface area contributed by atoms with Gasteiger partial charge >= 0.3 is 0 Å². The molecule has 0 aliphatic carbocycles. The summed E-state index contributed by atoms with van der Waals surface area (Å²) in [6.07, 6.45) is 3.31. The van der Waals surface area contributed by atoms with Gasteiger partial charge < -0.3 is 5.32 Å². The number of hydrogen-bond donors (Lipinski definition) is 1. The van der Waals surface area contributed by atoms with Crippen molar-refractivity contribution in [2.75, 3.05) is 0 Å². The molecule has 0 spiro atoms. The first kappa shape index (κ1) is 15.3. The van der Waals surface area contributed by atoms with Crippen molar-refractivity contribution in [3.05, 3.63) is 64.9 Å². The van der Waals surface area contributed by atoms with Crippen LogP contribution in [0.4, 0.5) is 0 Å². The minimum atomic E-state index is -0.195. The molecule has 0 saturated carbocycles. The highest BCUT2D eigenvalue weighted by Crippen LogP contribution is 2.21.